The van der Waals surface area contributed by atoms with Crippen molar-refractivity contribution in [3.05, 3.63) is 121 Å². The van der Waals surface area contributed by atoms with Crippen molar-refractivity contribution in [3.63, 3.8) is 0 Å². The molecule has 45 heavy (non-hydrogen) atoms. The highest BCUT2D eigenvalue weighted by Gasteiger charge is 2.61. The summed E-state index contributed by atoms with van der Waals surface area (Å²) in [7, 11) is -4.47. The van der Waals surface area contributed by atoms with Crippen LogP contribution in [0.3, 0.4) is 0 Å². The number of hydrogen-bond donors (Lipinski definition) is 0. The smallest absolute Gasteiger partial charge is 0.290 e. The van der Waals surface area contributed by atoms with Crippen LogP contribution in [-0.4, -0.2) is 27.1 Å². The molecule has 0 bridgehead atoms. The summed E-state index contributed by atoms with van der Waals surface area (Å²) in [5.41, 5.74) is 2.14. The van der Waals surface area contributed by atoms with Gasteiger partial charge in [0.1, 0.15) is 44.9 Å². The molecule has 1 saturated heterocycles. The molecule has 1 fully saturated rings. The highest BCUT2D eigenvalue weighted by molar-refractivity contribution is 6.79. The van der Waals surface area contributed by atoms with Crippen LogP contribution in [0.5, 0.6) is 34.5 Å². The lowest BCUT2D eigenvalue weighted by molar-refractivity contribution is 0.110. The summed E-state index contributed by atoms with van der Waals surface area (Å²) in [6, 6.07) is 32.6. The fraction of sp³-hybridized carbons (Fsp3) is 0.263. The van der Waals surface area contributed by atoms with E-state index < -0.39 is 21.9 Å². The van der Waals surface area contributed by atoms with Crippen LogP contribution < -0.4 is 23.1 Å². The van der Waals surface area contributed by atoms with Gasteiger partial charge in [0.15, 0.2) is 0 Å². The minimum Gasteiger partial charge on any atom is -0.540 e. The molecule has 0 spiro atoms. The Morgan fingerprint density at radius 1 is 0.689 bits per heavy atom. The molecule has 4 aromatic carbocycles. The van der Waals surface area contributed by atoms with E-state index >= 15 is 0 Å². The number of rotatable bonds is 13. The molecular formula is C38H44O5Si2. The molecule has 4 aromatic rings. The first-order valence-electron chi connectivity index (χ1n) is 15.4. The van der Waals surface area contributed by atoms with E-state index in [1.807, 2.05) is 109 Å². The molecule has 0 radical (unpaired) electrons. The summed E-state index contributed by atoms with van der Waals surface area (Å²) in [4.78, 5) is 0. The van der Waals surface area contributed by atoms with Crippen molar-refractivity contribution >= 4 is 28.8 Å². The number of benzene rings is 4. The van der Waals surface area contributed by atoms with Gasteiger partial charge in [-0.3, -0.25) is 0 Å². The maximum Gasteiger partial charge on any atom is 0.290 e. The van der Waals surface area contributed by atoms with Crippen molar-refractivity contribution in [2.24, 2.45) is 0 Å². The van der Waals surface area contributed by atoms with Crippen LogP contribution in [0.25, 0.3) is 12.2 Å². The van der Waals surface area contributed by atoms with E-state index in [9.17, 15) is 0 Å². The van der Waals surface area contributed by atoms with Crippen LogP contribution in [0.2, 0.25) is 25.7 Å². The van der Waals surface area contributed by atoms with E-state index in [1.165, 1.54) is 0 Å². The third-order valence-corrected chi connectivity index (χ3v) is 17.4. The van der Waals surface area contributed by atoms with Gasteiger partial charge in [0.25, 0.3) is 16.6 Å². The van der Waals surface area contributed by atoms with Gasteiger partial charge >= 0.3 is 0 Å². The molecule has 0 N–H and O–H groups in total. The molecule has 0 amide bonds. The van der Waals surface area contributed by atoms with Crippen LogP contribution >= 0.6 is 0 Å². The van der Waals surface area contributed by atoms with Gasteiger partial charge in [-0.05, 0) is 137 Å². The second kappa shape index (κ2) is 12.7. The first kappa shape index (κ1) is 32.2. The van der Waals surface area contributed by atoms with Crippen LogP contribution in [0.4, 0.5) is 0 Å². The first-order valence-corrected chi connectivity index (χ1v) is 21.0. The molecular weight excluding hydrogens is 593 g/mol. The summed E-state index contributed by atoms with van der Waals surface area (Å²) in [6.45, 7) is 20.6. The van der Waals surface area contributed by atoms with Gasteiger partial charge in [0.2, 0.25) is 0 Å². The Hall–Kier alpha value is -4.21. The summed E-state index contributed by atoms with van der Waals surface area (Å²) in [5.74, 6) is 4.78. The molecule has 1 aliphatic heterocycles. The Morgan fingerprint density at radius 3 is 1.60 bits per heavy atom. The lowest BCUT2D eigenvalue weighted by atomic mass is 10.2. The Balaban J connectivity index is 1.16. The van der Waals surface area contributed by atoms with Crippen LogP contribution in [-0.2, 0) is 0 Å². The van der Waals surface area contributed by atoms with Crippen molar-refractivity contribution in [2.75, 3.05) is 0 Å². The summed E-state index contributed by atoms with van der Waals surface area (Å²) < 4.78 is 32.2. The monoisotopic (exact) mass is 636 g/mol. The molecule has 1 aliphatic rings. The Kier molecular flexibility index (Phi) is 9.05. The van der Waals surface area contributed by atoms with E-state index in [-0.39, 0.29) is 5.22 Å². The predicted octanol–water partition coefficient (Wildman–Crippen LogP) is 10.5. The average molecular weight is 637 g/mol. The van der Waals surface area contributed by atoms with E-state index in [2.05, 4.69) is 53.6 Å². The highest BCUT2D eigenvalue weighted by atomic mass is 28.4. The standard InChI is InChI=1S/C38H44O5Si2/c1-9-29-11-15-34(16-12-29)41-38(5)27-28-45(38,8)43-36-25-21-32(22-26-36)39-31-19-23-33(24-20-31)40-37(3,4)44(6,7)42-35-17-13-30(10-2)14-18-35/h9-26H,1-2,27-28H2,3-8H3. The van der Waals surface area contributed by atoms with Gasteiger partial charge in [-0.25, -0.2) is 0 Å². The zero-order chi connectivity index (χ0) is 32.3. The molecule has 0 saturated carbocycles. The van der Waals surface area contributed by atoms with Gasteiger partial charge in [0, 0.05) is 0 Å². The molecule has 5 rings (SSSR count). The van der Waals surface area contributed by atoms with Crippen molar-refractivity contribution < 1.29 is 23.1 Å². The van der Waals surface area contributed by atoms with Gasteiger partial charge < -0.3 is 23.1 Å². The summed E-state index contributed by atoms with van der Waals surface area (Å²) in [6.07, 6.45) is 4.64. The van der Waals surface area contributed by atoms with E-state index in [1.54, 1.807) is 0 Å². The fourth-order valence-corrected chi connectivity index (χ4v) is 9.43. The Bertz CT molecular complexity index is 1500. The summed E-state index contributed by atoms with van der Waals surface area (Å²) in [5, 5.41) is -0.781. The molecule has 5 nitrogen and oxygen atoms in total. The molecule has 2 atom stereocenters. The van der Waals surface area contributed by atoms with Crippen LogP contribution in [0.15, 0.2) is 110 Å². The predicted molar refractivity (Wildman–Crippen MR) is 190 cm³/mol. The second-order valence-corrected chi connectivity index (χ2v) is 21.6. The van der Waals surface area contributed by atoms with E-state index in [0.717, 1.165) is 58.1 Å². The zero-order valence-electron chi connectivity index (χ0n) is 27.3. The molecule has 1 heterocycles. The first-order chi connectivity index (χ1) is 21.3. The molecule has 0 aromatic heterocycles. The van der Waals surface area contributed by atoms with Crippen molar-refractivity contribution in [3.8, 4) is 34.5 Å². The van der Waals surface area contributed by atoms with Gasteiger partial charge in [-0.15, -0.1) is 0 Å². The maximum atomic E-state index is 6.63. The number of ether oxygens (including phenoxy) is 3. The van der Waals surface area contributed by atoms with E-state index in [0.29, 0.717) is 0 Å². The minimum atomic E-state index is -2.31. The van der Waals surface area contributed by atoms with Crippen LogP contribution in [0.1, 0.15) is 38.3 Å². The van der Waals surface area contributed by atoms with Crippen molar-refractivity contribution in [1.29, 1.82) is 0 Å². The van der Waals surface area contributed by atoms with E-state index in [4.69, 9.17) is 23.1 Å². The molecule has 7 heteroatoms. The largest absolute Gasteiger partial charge is 0.540 e. The zero-order valence-corrected chi connectivity index (χ0v) is 29.3. The third-order valence-electron chi connectivity index (χ3n) is 9.19. The maximum absolute atomic E-state index is 6.63. The third kappa shape index (κ3) is 7.21. The Labute approximate surface area is 270 Å². The molecule has 0 aliphatic carbocycles. The van der Waals surface area contributed by atoms with Crippen molar-refractivity contribution in [2.45, 2.75) is 63.3 Å². The quantitative estimate of drug-likeness (QED) is 0.137. The highest BCUT2D eigenvalue weighted by Crippen LogP contribution is 2.45. The molecule has 2 unspecified atom stereocenters. The summed E-state index contributed by atoms with van der Waals surface area (Å²) >= 11 is 0. The molecule has 234 valence electrons. The topological polar surface area (TPSA) is 46.2 Å². The SMILES string of the molecule is C=Cc1ccc(OC2(C)CC[Si]2(C)Oc2ccc(Oc3ccc(OC(C)(C)[Si](C)(C)Oc4ccc(C=C)cc4)cc3)cc2)cc1. The fourth-order valence-electron chi connectivity index (χ4n) is 5.13. The second-order valence-electron chi connectivity index (χ2n) is 13.0. The van der Waals surface area contributed by atoms with Gasteiger partial charge in [-0.2, -0.15) is 0 Å². The Morgan fingerprint density at radius 2 is 1.13 bits per heavy atom. The number of hydrogen-bond acceptors (Lipinski definition) is 5. The van der Waals surface area contributed by atoms with Gasteiger partial charge in [0.05, 0.1) is 0 Å². The van der Waals surface area contributed by atoms with Crippen molar-refractivity contribution in [1.82, 2.24) is 0 Å². The lowest BCUT2D eigenvalue weighted by Crippen LogP contribution is -2.70. The van der Waals surface area contributed by atoms with Gasteiger partial charge in [-0.1, -0.05) is 49.6 Å². The van der Waals surface area contributed by atoms with Crippen LogP contribution in [0, 0.1) is 0 Å². The normalized spacial score (nSPS) is 19.5. The average Bonchev–Trinajstić information content (AvgIpc) is 3.02. The lowest BCUT2D eigenvalue weighted by Gasteiger charge is -2.52. The minimum absolute atomic E-state index is 0.295.